The summed E-state index contributed by atoms with van der Waals surface area (Å²) in [5, 5.41) is 5.24. The lowest BCUT2D eigenvalue weighted by atomic mass is 10.1. The van der Waals surface area contributed by atoms with E-state index in [9.17, 15) is 0 Å². The predicted molar refractivity (Wildman–Crippen MR) is 96.5 cm³/mol. The van der Waals surface area contributed by atoms with E-state index in [1.54, 1.807) is 18.0 Å². The maximum atomic E-state index is 6.02. The monoisotopic (exact) mass is 340 g/mol. The van der Waals surface area contributed by atoms with Crippen LogP contribution < -0.4 is 15.9 Å². The third-order valence-electron chi connectivity index (χ3n) is 3.45. The zero-order valence-corrected chi connectivity index (χ0v) is 13.5. The van der Waals surface area contributed by atoms with Crippen LogP contribution in [0.5, 0.6) is 11.5 Å². The fourth-order valence-electron chi connectivity index (χ4n) is 2.49. The number of hydrazone groups is 1. The molecule has 7 heteroatoms. The summed E-state index contributed by atoms with van der Waals surface area (Å²) in [6.45, 7) is 0. The van der Waals surface area contributed by atoms with Crippen molar-refractivity contribution in [1.82, 2.24) is 10.4 Å². The molecule has 0 fully saturated rings. The Labute approximate surface area is 141 Å². The lowest BCUT2D eigenvalue weighted by Gasteiger charge is -2.20. The van der Waals surface area contributed by atoms with Gasteiger partial charge in [0, 0.05) is 22.7 Å². The van der Waals surface area contributed by atoms with Crippen molar-refractivity contribution in [3.05, 3.63) is 48.2 Å². The summed E-state index contributed by atoms with van der Waals surface area (Å²) < 4.78 is 6.02. The van der Waals surface area contributed by atoms with Crippen molar-refractivity contribution >= 4 is 46.2 Å². The van der Waals surface area contributed by atoms with Crippen LogP contribution in [0.3, 0.4) is 0 Å². The van der Waals surface area contributed by atoms with E-state index in [0.717, 1.165) is 37.8 Å². The Morgan fingerprint density at radius 3 is 3.00 bits per heavy atom. The molecule has 0 spiro atoms. The predicted octanol–water partition coefficient (Wildman–Crippen LogP) is 3.59. The fourth-order valence-corrected chi connectivity index (χ4v) is 3.66. The number of nitrogens with two attached hydrogens (primary N) is 1. The summed E-state index contributed by atoms with van der Waals surface area (Å²) in [7, 11) is 0. The van der Waals surface area contributed by atoms with Gasteiger partial charge in [-0.2, -0.15) is 5.10 Å². The maximum absolute atomic E-state index is 6.02. The number of para-hydroxylation sites is 1. The number of hydrogen-bond donors (Lipinski definition) is 3. The van der Waals surface area contributed by atoms with Gasteiger partial charge in [-0.15, -0.1) is 0 Å². The third kappa shape index (κ3) is 2.54. The standard InChI is InChI=1S/C16H12N4OS2/c17-16(22)20-19-8-9-7-18-10-5-6-12-15(14(9)10)23-13-4-2-1-3-11(13)21-12/h1-8,18H,(H3,17,20,22). The lowest BCUT2D eigenvalue weighted by molar-refractivity contribution is 0.456. The molecule has 2 heterocycles. The van der Waals surface area contributed by atoms with Crippen molar-refractivity contribution in [3.63, 3.8) is 0 Å². The fraction of sp³-hybridized carbons (Fsp3) is 0. The van der Waals surface area contributed by atoms with Gasteiger partial charge < -0.3 is 15.5 Å². The van der Waals surface area contributed by atoms with Gasteiger partial charge in [0.25, 0.3) is 0 Å². The molecule has 114 valence electrons. The minimum Gasteiger partial charge on any atom is -0.455 e. The molecule has 0 saturated heterocycles. The molecule has 0 saturated carbocycles. The summed E-state index contributed by atoms with van der Waals surface area (Å²) >= 11 is 6.44. The molecule has 0 unspecified atom stereocenters. The molecule has 0 aliphatic carbocycles. The van der Waals surface area contributed by atoms with Crippen LogP contribution in [0.4, 0.5) is 0 Å². The molecule has 4 rings (SSSR count). The molecule has 5 nitrogen and oxygen atoms in total. The van der Waals surface area contributed by atoms with Crippen LogP contribution in [0, 0.1) is 0 Å². The van der Waals surface area contributed by atoms with E-state index in [0.29, 0.717) is 0 Å². The summed E-state index contributed by atoms with van der Waals surface area (Å²) in [5.41, 5.74) is 9.92. The molecule has 0 radical (unpaired) electrons. The molecule has 1 aliphatic rings. The molecule has 1 aromatic heterocycles. The third-order valence-corrected chi connectivity index (χ3v) is 4.71. The molecule has 0 bridgehead atoms. The molecule has 3 aromatic rings. The Hall–Kier alpha value is -2.51. The highest BCUT2D eigenvalue weighted by Gasteiger charge is 2.21. The zero-order chi connectivity index (χ0) is 15.8. The van der Waals surface area contributed by atoms with Crippen LogP contribution >= 0.6 is 24.0 Å². The molecule has 23 heavy (non-hydrogen) atoms. The summed E-state index contributed by atoms with van der Waals surface area (Å²) in [6.07, 6.45) is 3.59. The van der Waals surface area contributed by atoms with E-state index in [4.69, 9.17) is 22.7 Å². The molecule has 4 N–H and O–H groups in total. The van der Waals surface area contributed by atoms with E-state index >= 15 is 0 Å². The van der Waals surface area contributed by atoms with E-state index < -0.39 is 0 Å². The molecule has 2 aromatic carbocycles. The molecular formula is C16H12N4OS2. The SMILES string of the molecule is NC(=S)NN=Cc1c[nH]c2ccc3c(c12)Sc1ccccc1O3. The first-order valence-electron chi connectivity index (χ1n) is 6.90. The summed E-state index contributed by atoms with van der Waals surface area (Å²) in [5.74, 6) is 1.73. The van der Waals surface area contributed by atoms with Gasteiger partial charge in [-0.05, 0) is 36.5 Å². The van der Waals surface area contributed by atoms with Gasteiger partial charge in [0.15, 0.2) is 5.11 Å². The van der Waals surface area contributed by atoms with Gasteiger partial charge in [-0.25, -0.2) is 0 Å². The van der Waals surface area contributed by atoms with Crippen LogP contribution in [0.2, 0.25) is 0 Å². The molecule has 0 atom stereocenters. The van der Waals surface area contributed by atoms with E-state index in [-0.39, 0.29) is 5.11 Å². The number of aromatic amines is 1. The average Bonchev–Trinajstić information content (AvgIpc) is 2.96. The second-order valence-corrected chi connectivity index (χ2v) is 6.44. The van der Waals surface area contributed by atoms with Gasteiger partial charge in [0.05, 0.1) is 16.0 Å². The smallest absolute Gasteiger partial charge is 0.184 e. The minimum absolute atomic E-state index is 0.134. The minimum atomic E-state index is 0.134. The first-order chi connectivity index (χ1) is 11.2. The highest BCUT2D eigenvalue weighted by molar-refractivity contribution is 7.99. The Kier molecular flexibility index (Phi) is 3.44. The van der Waals surface area contributed by atoms with Crippen molar-refractivity contribution in [3.8, 4) is 11.5 Å². The van der Waals surface area contributed by atoms with E-state index in [1.165, 1.54) is 0 Å². The van der Waals surface area contributed by atoms with Crippen LogP contribution in [-0.2, 0) is 0 Å². The topological polar surface area (TPSA) is 75.4 Å². The van der Waals surface area contributed by atoms with Gasteiger partial charge in [-0.1, -0.05) is 23.9 Å². The van der Waals surface area contributed by atoms with Crippen LogP contribution in [0.25, 0.3) is 10.9 Å². The Morgan fingerprint density at radius 1 is 1.26 bits per heavy atom. The van der Waals surface area contributed by atoms with Gasteiger partial charge in [0.2, 0.25) is 0 Å². The van der Waals surface area contributed by atoms with Gasteiger partial charge in [0.1, 0.15) is 11.5 Å². The number of hydrogen-bond acceptors (Lipinski definition) is 4. The van der Waals surface area contributed by atoms with Crippen LogP contribution in [-0.4, -0.2) is 16.3 Å². The van der Waals surface area contributed by atoms with Crippen molar-refractivity contribution in [2.75, 3.05) is 0 Å². The number of ether oxygens (including phenoxy) is 1. The summed E-state index contributed by atoms with van der Waals surface area (Å²) in [4.78, 5) is 5.41. The zero-order valence-electron chi connectivity index (χ0n) is 11.9. The average molecular weight is 340 g/mol. The maximum Gasteiger partial charge on any atom is 0.184 e. The second kappa shape index (κ2) is 5.60. The number of aromatic nitrogens is 1. The number of nitrogens with zero attached hydrogens (tertiary/aromatic N) is 1. The quantitative estimate of drug-likeness (QED) is 0.295. The number of thiocarbonyl (C=S) groups is 1. The largest absolute Gasteiger partial charge is 0.455 e. The highest BCUT2D eigenvalue weighted by atomic mass is 32.2. The molecule has 1 aliphatic heterocycles. The highest BCUT2D eigenvalue weighted by Crippen LogP contribution is 2.50. The lowest BCUT2D eigenvalue weighted by Crippen LogP contribution is -2.23. The first kappa shape index (κ1) is 14.1. The second-order valence-electron chi connectivity index (χ2n) is 4.94. The van der Waals surface area contributed by atoms with Crippen molar-refractivity contribution in [1.29, 1.82) is 0 Å². The molecular weight excluding hydrogens is 328 g/mol. The molecule has 0 amide bonds. The van der Waals surface area contributed by atoms with Crippen LogP contribution in [0.1, 0.15) is 5.56 Å². The first-order valence-corrected chi connectivity index (χ1v) is 8.12. The van der Waals surface area contributed by atoms with Gasteiger partial charge in [-0.3, -0.25) is 5.43 Å². The number of H-pyrrole nitrogens is 1. The summed E-state index contributed by atoms with van der Waals surface area (Å²) in [6, 6.07) is 12.0. The van der Waals surface area contributed by atoms with Crippen molar-refractivity contribution in [2.24, 2.45) is 10.8 Å². The normalized spacial score (nSPS) is 12.7. The number of rotatable bonds is 2. The Bertz CT molecular complexity index is 948. The van der Waals surface area contributed by atoms with Gasteiger partial charge >= 0.3 is 0 Å². The van der Waals surface area contributed by atoms with Crippen molar-refractivity contribution in [2.45, 2.75) is 9.79 Å². The number of fused-ring (bicyclic) bond motifs is 4. The number of benzene rings is 2. The van der Waals surface area contributed by atoms with Crippen molar-refractivity contribution < 1.29 is 4.74 Å². The van der Waals surface area contributed by atoms with Crippen LogP contribution in [0.15, 0.2) is 57.5 Å². The Morgan fingerprint density at radius 2 is 2.13 bits per heavy atom. The Balaban J connectivity index is 1.81. The van der Waals surface area contributed by atoms with E-state index in [1.807, 2.05) is 36.5 Å². The van der Waals surface area contributed by atoms with E-state index in [2.05, 4.69) is 21.6 Å². The number of nitrogens with one attached hydrogen (secondary N) is 2.